The monoisotopic (exact) mass is 304 g/mol. The summed E-state index contributed by atoms with van der Waals surface area (Å²) in [5.41, 5.74) is 6.02. The second-order valence-corrected chi connectivity index (χ2v) is 6.25. The van der Waals surface area contributed by atoms with Crippen LogP contribution in [0.5, 0.6) is 5.75 Å². The zero-order chi connectivity index (χ0) is 16.0. The number of fused-ring (bicyclic) bond motifs is 3. The standard InChI is InChI=1S/C20H20N2O/c1-13-6-4-5-7-17(13)19-12-22-14(2)10-15-8-9-16(23-3)11-18(15)20(22)21-19/h4-9,11-12,14H,10H2,1-3H3. The van der Waals surface area contributed by atoms with Gasteiger partial charge in [-0.15, -0.1) is 0 Å². The molecule has 3 aromatic rings. The van der Waals surface area contributed by atoms with Gasteiger partial charge in [0.25, 0.3) is 0 Å². The second kappa shape index (κ2) is 5.27. The Morgan fingerprint density at radius 3 is 2.74 bits per heavy atom. The van der Waals surface area contributed by atoms with Crippen molar-refractivity contribution in [2.24, 2.45) is 0 Å². The molecule has 0 fully saturated rings. The molecule has 4 rings (SSSR count). The minimum atomic E-state index is 0.413. The number of benzene rings is 2. The van der Waals surface area contributed by atoms with E-state index in [1.54, 1.807) is 7.11 Å². The van der Waals surface area contributed by atoms with Crippen LogP contribution in [0.1, 0.15) is 24.1 Å². The van der Waals surface area contributed by atoms with Gasteiger partial charge in [0.05, 0.1) is 12.8 Å². The summed E-state index contributed by atoms with van der Waals surface area (Å²) >= 11 is 0. The first-order chi connectivity index (χ1) is 11.2. The maximum Gasteiger partial charge on any atom is 0.141 e. The van der Waals surface area contributed by atoms with Crippen molar-refractivity contribution in [1.82, 2.24) is 9.55 Å². The van der Waals surface area contributed by atoms with Gasteiger partial charge in [0.2, 0.25) is 0 Å². The number of aromatic nitrogens is 2. The summed E-state index contributed by atoms with van der Waals surface area (Å²) < 4.78 is 7.69. The highest BCUT2D eigenvalue weighted by Gasteiger charge is 2.24. The molecule has 1 atom stereocenters. The summed E-state index contributed by atoms with van der Waals surface area (Å²) in [5.74, 6) is 1.92. The molecule has 2 aromatic carbocycles. The van der Waals surface area contributed by atoms with Crippen molar-refractivity contribution in [1.29, 1.82) is 0 Å². The van der Waals surface area contributed by atoms with E-state index in [-0.39, 0.29) is 0 Å². The molecule has 0 saturated heterocycles. The molecule has 0 bridgehead atoms. The molecule has 3 nitrogen and oxygen atoms in total. The van der Waals surface area contributed by atoms with E-state index in [1.165, 1.54) is 22.3 Å². The van der Waals surface area contributed by atoms with Crippen LogP contribution in [-0.2, 0) is 6.42 Å². The fraction of sp³-hybridized carbons (Fsp3) is 0.250. The van der Waals surface area contributed by atoms with Crippen molar-refractivity contribution in [3.63, 3.8) is 0 Å². The third-order valence-corrected chi connectivity index (χ3v) is 4.70. The lowest BCUT2D eigenvalue weighted by molar-refractivity contribution is 0.414. The van der Waals surface area contributed by atoms with Crippen LogP contribution in [0.3, 0.4) is 0 Å². The maximum atomic E-state index is 5.40. The van der Waals surface area contributed by atoms with E-state index in [9.17, 15) is 0 Å². The highest BCUT2D eigenvalue weighted by atomic mass is 16.5. The number of ether oxygens (including phenoxy) is 1. The van der Waals surface area contributed by atoms with Crippen LogP contribution in [0.4, 0.5) is 0 Å². The van der Waals surface area contributed by atoms with Gasteiger partial charge in [-0.05, 0) is 43.5 Å². The Labute approximate surface area is 136 Å². The van der Waals surface area contributed by atoms with Crippen molar-refractivity contribution < 1.29 is 4.74 Å². The molecule has 1 aromatic heterocycles. The minimum Gasteiger partial charge on any atom is -0.497 e. The van der Waals surface area contributed by atoms with E-state index >= 15 is 0 Å². The average molecular weight is 304 g/mol. The van der Waals surface area contributed by atoms with Crippen LogP contribution in [0.15, 0.2) is 48.7 Å². The van der Waals surface area contributed by atoms with Crippen LogP contribution in [0.25, 0.3) is 22.6 Å². The van der Waals surface area contributed by atoms with Gasteiger partial charge in [0.15, 0.2) is 0 Å². The highest BCUT2D eigenvalue weighted by molar-refractivity contribution is 5.71. The lowest BCUT2D eigenvalue weighted by atomic mass is 9.96. The average Bonchev–Trinajstić information content (AvgIpc) is 3.01. The smallest absolute Gasteiger partial charge is 0.141 e. The first-order valence-corrected chi connectivity index (χ1v) is 7.99. The molecule has 0 aliphatic carbocycles. The maximum absolute atomic E-state index is 5.40. The third-order valence-electron chi connectivity index (χ3n) is 4.70. The molecule has 3 heteroatoms. The van der Waals surface area contributed by atoms with Crippen LogP contribution < -0.4 is 4.74 Å². The zero-order valence-corrected chi connectivity index (χ0v) is 13.7. The van der Waals surface area contributed by atoms with Crippen LogP contribution >= 0.6 is 0 Å². The van der Waals surface area contributed by atoms with Crippen molar-refractivity contribution in [3.05, 3.63) is 59.8 Å². The van der Waals surface area contributed by atoms with E-state index in [4.69, 9.17) is 9.72 Å². The molecule has 23 heavy (non-hydrogen) atoms. The van der Waals surface area contributed by atoms with Gasteiger partial charge in [0, 0.05) is 23.4 Å². The lowest BCUT2D eigenvalue weighted by Gasteiger charge is -2.24. The van der Waals surface area contributed by atoms with Gasteiger partial charge in [-0.25, -0.2) is 4.98 Å². The molecule has 116 valence electrons. The number of hydrogen-bond acceptors (Lipinski definition) is 2. The molecule has 0 N–H and O–H groups in total. The summed E-state index contributed by atoms with van der Waals surface area (Å²) in [6.45, 7) is 4.38. The van der Waals surface area contributed by atoms with Gasteiger partial charge < -0.3 is 9.30 Å². The fourth-order valence-electron chi connectivity index (χ4n) is 3.40. The third kappa shape index (κ3) is 2.24. The van der Waals surface area contributed by atoms with Gasteiger partial charge in [0.1, 0.15) is 11.6 Å². The Hall–Kier alpha value is -2.55. The molecule has 2 heterocycles. The number of methoxy groups -OCH3 is 1. The Morgan fingerprint density at radius 2 is 1.96 bits per heavy atom. The van der Waals surface area contributed by atoms with Crippen molar-refractivity contribution in [2.75, 3.05) is 7.11 Å². The quantitative estimate of drug-likeness (QED) is 0.689. The summed E-state index contributed by atoms with van der Waals surface area (Å²) in [5, 5.41) is 0. The molecule has 0 amide bonds. The fourth-order valence-corrected chi connectivity index (χ4v) is 3.40. The van der Waals surface area contributed by atoms with Crippen molar-refractivity contribution in [2.45, 2.75) is 26.3 Å². The number of hydrogen-bond donors (Lipinski definition) is 0. The van der Waals surface area contributed by atoms with Gasteiger partial charge >= 0.3 is 0 Å². The summed E-state index contributed by atoms with van der Waals surface area (Å²) in [6, 6.07) is 15.1. The van der Waals surface area contributed by atoms with Gasteiger partial charge in [-0.3, -0.25) is 0 Å². The molecule has 0 spiro atoms. The SMILES string of the molecule is COc1ccc2c(c1)-c1nc(-c3ccccc3C)cn1C(C)C2. The highest BCUT2D eigenvalue weighted by Crippen LogP contribution is 2.38. The Kier molecular flexibility index (Phi) is 3.22. The largest absolute Gasteiger partial charge is 0.497 e. The molecular weight excluding hydrogens is 284 g/mol. The first-order valence-electron chi connectivity index (χ1n) is 7.99. The molecule has 0 saturated carbocycles. The lowest BCUT2D eigenvalue weighted by Crippen LogP contribution is -2.15. The van der Waals surface area contributed by atoms with Crippen molar-refractivity contribution in [3.8, 4) is 28.4 Å². The van der Waals surface area contributed by atoms with E-state index in [2.05, 4.69) is 61.0 Å². The van der Waals surface area contributed by atoms with Gasteiger partial charge in [-0.2, -0.15) is 0 Å². The molecular formula is C20H20N2O. The van der Waals surface area contributed by atoms with Crippen LogP contribution in [0, 0.1) is 6.92 Å². The summed E-state index contributed by atoms with van der Waals surface area (Å²) in [7, 11) is 1.71. The second-order valence-electron chi connectivity index (χ2n) is 6.25. The van der Waals surface area contributed by atoms with Crippen molar-refractivity contribution >= 4 is 0 Å². The molecule has 1 aliphatic heterocycles. The Morgan fingerprint density at radius 1 is 1.13 bits per heavy atom. The predicted octanol–water partition coefficient (Wildman–Crippen LogP) is 4.65. The number of nitrogens with zero attached hydrogens (tertiary/aromatic N) is 2. The van der Waals surface area contributed by atoms with E-state index in [1.807, 2.05) is 6.07 Å². The number of imidazole rings is 1. The molecule has 0 radical (unpaired) electrons. The topological polar surface area (TPSA) is 27.1 Å². The van der Waals surface area contributed by atoms with E-state index in [0.717, 1.165) is 23.7 Å². The Balaban J connectivity index is 1.90. The number of rotatable bonds is 2. The summed E-state index contributed by atoms with van der Waals surface area (Å²) in [4.78, 5) is 4.96. The van der Waals surface area contributed by atoms with Gasteiger partial charge in [-0.1, -0.05) is 30.3 Å². The number of aryl methyl sites for hydroxylation is 1. The van der Waals surface area contributed by atoms with E-state index in [0.29, 0.717) is 6.04 Å². The first kappa shape index (κ1) is 14.1. The zero-order valence-electron chi connectivity index (χ0n) is 13.7. The molecule has 1 unspecified atom stereocenters. The molecule has 1 aliphatic rings. The van der Waals surface area contributed by atoms with E-state index < -0.39 is 0 Å². The summed E-state index contributed by atoms with van der Waals surface area (Å²) in [6.07, 6.45) is 3.21. The normalized spacial score (nSPS) is 15.9. The predicted molar refractivity (Wildman–Crippen MR) is 92.8 cm³/mol. The minimum absolute atomic E-state index is 0.413. The van der Waals surface area contributed by atoms with Crippen LogP contribution in [0.2, 0.25) is 0 Å². The Bertz CT molecular complexity index is 879. The van der Waals surface area contributed by atoms with Crippen LogP contribution in [-0.4, -0.2) is 16.7 Å².